The van der Waals surface area contributed by atoms with Crippen molar-refractivity contribution in [2.24, 2.45) is 0 Å². The van der Waals surface area contributed by atoms with Crippen LogP contribution in [-0.4, -0.2) is 5.91 Å². The number of anilines is 1. The number of carbonyl (C=O) groups is 1. The van der Waals surface area contributed by atoms with Crippen LogP contribution in [0, 0.1) is 0 Å². The second-order valence-corrected chi connectivity index (χ2v) is 3.14. The molecule has 0 aromatic heterocycles. The summed E-state index contributed by atoms with van der Waals surface area (Å²) in [6.07, 6.45) is 3.48. The van der Waals surface area contributed by atoms with Crippen LogP contribution in [0.3, 0.4) is 0 Å². The van der Waals surface area contributed by atoms with E-state index in [-0.39, 0.29) is 5.91 Å². The highest BCUT2D eigenvalue weighted by atomic mass is 16.1. The molecule has 0 fully saturated rings. The van der Waals surface area contributed by atoms with E-state index >= 15 is 0 Å². The maximum Gasteiger partial charge on any atom is 0.247 e. The molecule has 2 heteroatoms. The number of aryl methyl sites for hydroxylation is 1. The van der Waals surface area contributed by atoms with Gasteiger partial charge in [-0.05, 0) is 30.2 Å². The molecular weight excluding hydrogens is 174 g/mol. The zero-order valence-corrected chi connectivity index (χ0v) is 8.42. The minimum Gasteiger partial charge on any atom is -0.323 e. The van der Waals surface area contributed by atoms with Crippen molar-refractivity contribution in [3.8, 4) is 0 Å². The zero-order chi connectivity index (χ0) is 10.4. The van der Waals surface area contributed by atoms with Crippen molar-refractivity contribution in [1.82, 2.24) is 0 Å². The fraction of sp³-hybridized carbons (Fsp3) is 0.250. The molecule has 74 valence electrons. The number of amides is 1. The molecule has 0 atom stereocenters. The van der Waals surface area contributed by atoms with Crippen LogP contribution < -0.4 is 5.32 Å². The fourth-order valence-electron chi connectivity index (χ4n) is 1.24. The Hall–Kier alpha value is -1.57. The molecule has 0 radical (unpaired) electrons. The number of benzene rings is 1. The molecule has 0 aliphatic carbocycles. The van der Waals surface area contributed by atoms with Crippen molar-refractivity contribution >= 4 is 11.6 Å². The average molecular weight is 189 g/mol. The van der Waals surface area contributed by atoms with E-state index in [0.717, 1.165) is 18.5 Å². The van der Waals surface area contributed by atoms with Gasteiger partial charge in [0.25, 0.3) is 0 Å². The first-order chi connectivity index (χ1) is 6.76. The van der Waals surface area contributed by atoms with Crippen LogP contribution in [0.5, 0.6) is 0 Å². The van der Waals surface area contributed by atoms with Crippen LogP contribution >= 0.6 is 0 Å². The van der Waals surface area contributed by atoms with E-state index in [1.165, 1.54) is 11.6 Å². The van der Waals surface area contributed by atoms with E-state index in [1.54, 1.807) is 0 Å². The lowest BCUT2D eigenvalue weighted by Crippen LogP contribution is -2.06. The lowest BCUT2D eigenvalue weighted by atomic mass is 10.1. The molecule has 0 aliphatic rings. The van der Waals surface area contributed by atoms with E-state index in [2.05, 4.69) is 18.8 Å². The predicted octanol–water partition coefficient (Wildman–Crippen LogP) is 2.76. The lowest BCUT2D eigenvalue weighted by Gasteiger charge is -2.03. The highest BCUT2D eigenvalue weighted by Crippen LogP contribution is 2.10. The third-order valence-corrected chi connectivity index (χ3v) is 1.95. The van der Waals surface area contributed by atoms with E-state index in [0.29, 0.717) is 0 Å². The number of hydrogen-bond donors (Lipinski definition) is 1. The summed E-state index contributed by atoms with van der Waals surface area (Å²) in [5.41, 5.74) is 2.11. The van der Waals surface area contributed by atoms with Gasteiger partial charge in [-0.15, -0.1) is 0 Å². The molecule has 1 aromatic carbocycles. The third-order valence-electron chi connectivity index (χ3n) is 1.95. The van der Waals surface area contributed by atoms with Gasteiger partial charge in [0, 0.05) is 5.69 Å². The van der Waals surface area contributed by atoms with E-state index in [9.17, 15) is 4.79 Å². The van der Waals surface area contributed by atoms with Gasteiger partial charge in [-0.25, -0.2) is 0 Å². The number of carbonyl (C=O) groups excluding carboxylic acids is 1. The van der Waals surface area contributed by atoms with Gasteiger partial charge in [-0.3, -0.25) is 4.79 Å². The Balaban J connectivity index is 2.63. The zero-order valence-electron chi connectivity index (χ0n) is 8.42. The summed E-state index contributed by atoms with van der Waals surface area (Å²) in [6.45, 7) is 5.54. The molecule has 0 unspecified atom stereocenters. The molecule has 14 heavy (non-hydrogen) atoms. The summed E-state index contributed by atoms with van der Waals surface area (Å²) in [6, 6.07) is 7.88. The summed E-state index contributed by atoms with van der Waals surface area (Å²) < 4.78 is 0. The molecule has 0 spiro atoms. The van der Waals surface area contributed by atoms with Crippen LogP contribution in [0.25, 0.3) is 0 Å². The van der Waals surface area contributed by atoms with Gasteiger partial charge in [0.15, 0.2) is 0 Å². The Morgan fingerprint density at radius 1 is 1.43 bits per heavy atom. The molecule has 1 amide bonds. The summed E-state index contributed by atoms with van der Waals surface area (Å²) in [5.74, 6) is -0.173. The van der Waals surface area contributed by atoms with E-state index in [1.807, 2.05) is 24.3 Å². The second-order valence-electron chi connectivity index (χ2n) is 3.14. The normalized spacial score (nSPS) is 9.50. The molecule has 0 saturated heterocycles. The molecule has 1 aromatic rings. The molecule has 0 heterocycles. The van der Waals surface area contributed by atoms with Crippen molar-refractivity contribution in [2.75, 3.05) is 5.32 Å². The van der Waals surface area contributed by atoms with Crippen molar-refractivity contribution in [3.63, 3.8) is 0 Å². The SMILES string of the molecule is C=CC(=O)Nc1ccc(CCC)cc1. The lowest BCUT2D eigenvalue weighted by molar-refractivity contribution is -0.111. The van der Waals surface area contributed by atoms with Crippen molar-refractivity contribution < 1.29 is 4.79 Å². The van der Waals surface area contributed by atoms with Crippen molar-refractivity contribution in [2.45, 2.75) is 19.8 Å². The summed E-state index contributed by atoms with van der Waals surface area (Å²) in [7, 11) is 0. The van der Waals surface area contributed by atoms with Crippen LogP contribution in [0.2, 0.25) is 0 Å². The fourth-order valence-corrected chi connectivity index (χ4v) is 1.24. The highest BCUT2D eigenvalue weighted by molar-refractivity contribution is 5.98. The first kappa shape index (κ1) is 10.5. The molecule has 1 rings (SSSR count). The summed E-state index contributed by atoms with van der Waals surface area (Å²) >= 11 is 0. The second kappa shape index (κ2) is 5.22. The molecular formula is C12H15NO. The molecule has 2 nitrogen and oxygen atoms in total. The number of nitrogens with one attached hydrogen (secondary N) is 1. The smallest absolute Gasteiger partial charge is 0.247 e. The number of hydrogen-bond acceptors (Lipinski definition) is 1. The van der Waals surface area contributed by atoms with E-state index in [4.69, 9.17) is 0 Å². The maximum atomic E-state index is 11.0. The Morgan fingerprint density at radius 3 is 2.57 bits per heavy atom. The van der Waals surface area contributed by atoms with Crippen LogP contribution in [0.4, 0.5) is 5.69 Å². The Morgan fingerprint density at radius 2 is 2.07 bits per heavy atom. The van der Waals surface area contributed by atoms with Crippen LogP contribution in [0.1, 0.15) is 18.9 Å². The Bertz CT molecular complexity index is 314. The first-order valence-electron chi connectivity index (χ1n) is 4.78. The quantitative estimate of drug-likeness (QED) is 0.725. The summed E-state index contributed by atoms with van der Waals surface area (Å²) in [4.78, 5) is 11.0. The third kappa shape index (κ3) is 3.05. The van der Waals surface area contributed by atoms with Crippen LogP contribution in [-0.2, 0) is 11.2 Å². The number of rotatable bonds is 4. The van der Waals surface area contributed by atoms with Gasteiger partial charge in [0.1, 0.15) is 0 Å². The standard InChI is InChI=1S/C12H15NO/c1-3-5-10-6-8-11(9-7-10)13-12(14)4-2/h4,6-9H,2-3,5H2,1H3,(H,13,14). The van der Waals surface area contributed by atoms with Gasteiger partial charge >= 0.3 is 0 Å². The topological polar surface area (TPSA) is 29.1 Å². The molecule has 0 saturated carbocycles. The Labute approximate surface area is 84.6 Å². The van der Waals surface area contributed by atoms with Crippen molar-refractivity contribution in [3.05, 3.63) is 42.5 Å². The monoisotopic (exact) mass is 189 g/mol. The minimum absolute atomic E-state index is 0.173. The van der Waals surface area contributed by atoms with Gasteiger partial charge in [0.05, 0.1) is 0 Å². The molecule has 0 bridgehead atoms. The summed E-state index contributed by atoms with van der Waals surface area (Å²) in [5, 5.41) is 2.70. The highest BCUT2D eigenvalue weighted by Gasteiger charge is 1.96. The Kier molecular flexibility index (Phi) is 3.92. The minimum atomic E-state index is -0.173. The first-order valence-corrected chi connectivity index (χ1v) is 4.78. The van der Waals surface area contributed by atoms with Crippen LogP contribution in [0.15, 0.2) is 36.9 Å². The molecule has 0 aliphatic heterocycles. The largest absolute Gasteiger partial charge is 0.323 e. The molecule has 1 N–H and O–H groups in total. The van der Waals surface area contributed by atoms with Crippen molar-refractivity contribution in [1.29, 1.82) is 0 Å². The van der Waals surface area contributed by atoms with Gasteiger partial charge in [0.2, 0.25) is 5.91 Å². The average Bonchev–Trinajstić information content (AvgIpc) is 2.21. The van der Waals surface area contributed by atoms with Gasteiger partial charge in [-0.2, -0.15) is 0 Å². The maximum absolute atomic E-state index is 11.0. The van der Waals surface area contributed by atoms with Gasteiger partial charge in [-0.1, -0.05) is 32.1 Å². The predicted molar refractivity (Wildman–Crippen MR) is 59.3 cm³/mol. The van der Waals surface area contributed by atoms with E-state index < -0.39 is 0 Å². The van der Waals surface area contributed by atoms with Gasteiger partial charge < -0.3 is 5.32 Å².